The largest absolute Gasteiger partial charge is 0.337 e. The van der Waals surface area contributed by atoms with Crippen LogP contribution in [-0.4, -0.2) is 17.6 Å². The van der Waals surface area contributed by atoms with Crippen LogP contribution in [-0.2, 0) is 0 Å². The predicted octanol–water partition coefficient (Wildman–Crippen LogP) is 2.31. The molecule has 0 aliphatic heterocycles. The molecule has 78 valence electrons. The molecule has 0 spiro atoms. The lowest BCUT2D eigenvalue weighted by Crippen LogP contribution is -2.35. The summed E-state index contributed by atoms with van der Waals surface area (Å²) in [6.07, 6.45) is 1.66. The number of anilines is 1. The minimum atomic E-state index is -0.199. The van der Waals surface area contributed by atoms with E-state index in [1.807, 2.05) is 5.38 Å². The molecule has 0 fully saturated rings. The normalized spacial score (nSPS) is 11.1. The third kappa shape index (κ3) is 4.23. The van der Waals surface area contributed by atoms with E-state index in [1.165, 1.54) is 11.3 Å². The molecule has 0 saturated heterocycles. The maximum Gasteiger partial charge on any atom is 0.321 e. The van der Waals surface area contributed by atoms with E-state index in [9.17, 15) is 4.79 Å². The van der Waals surface area contributed by atoms with E-state index in [0.717, 1.165) is 0 Å². The maximum atomic E-state index is 11.3. The average Bonchev–Trinajstić information content (AvgIpc) is 2.52. The second kappa shape index (κ2) is 4.41. The van der Waals surface area contributed by atoms with Gasteiger partial charge >= 0.3 is 6.03 Å². The Morgan fingerprint density at radius 3 is 2.79 bits per heavy atom. The van der Waals surface area contributed by atoms with E-state index in [0.29, 0.717) is 11.7 Å². The van der Waals surface area contributed by atoms with Crippen molar-refractivity contribution in [3.8, 4) is 0 Å². The molecule has 0 aliphatic rings. The first kappa shape index (κ1) is 11.0. The van der Waals surface area contributed by atoms with Crippen LogP contribution in [0, 0.1) is 5.41 Å². The smallest absolute Gasteiger partial charge is 0.321 e. The second-order valence-corrected chi connectivity index (χ2v) is 5.10. The number of urea groups is 1. The van der Waals surface area contributed by atoms with Crippen molar-refractivity contribution in [2.75, 3.05) is 11.9 Å². The quantitative estimate of drug-likeness (QED) is 0.792. The highest BCUT2D eigenvalue weighted by molar-refractivity contribution is 7.13. The third-order valence-electron chi connectivity index (χ3n) is 1.43. The van der Waals surface area contributed by atoms with Crippen LogP contribution in [0.15, 0.2) is 11.6 Å². The Balaban J connectivity index is 2.30. The van der Waals surface area contributed by atoms with Gasteiger partial charge in [-0.1, -0.05) is 20.8 Å². The highest BCUT2D eigenvalue weighted by Crippen LogP contribution is 2.12. The molecule has 1 rings (SSSR count). The first-order chi connectivity index (χ1) is 6.47. The summed E-state index contributed by atoms with van der Waals surface area (Å²) in [6.45, 7) is 6.84. The van der Waals surface area contributed by atoms with Crippen molar-refractivity contribution in [2.45, 2.75) is 20.8 Å². The van der Waals surface area contributed by atoms with E-state index in [2.05, 4.69) is 36.4 Å². The lowest BCUT2D eigenvalue weighted by atomic mass is 9.97. The standard InChI is InChI=1S/C9H15N3OS/c1-9(2,3)6-11-7(13)12-8-10-4-5-14-8/h4-5H,6H2,1-3H3,(H2,10,11,12,13). The molecule has 0 radical (unpaired) electrons. The number of aromatic nitrogens is 1. The van der Waals surface area contributed by atoms with Gasteiger partial charge in [0.15, 0.2) is 5.13 Å². The summed E-state index contributed by atoms with van der Waals surface area (Å²) in [7, 11) is 0. The summed E-state index contributed by atoms with van der Waals surface area (Å²) in [5.74, 6) is 0. The molecule has 2 N–H and O–H groups in total. The number of carbonyl (C=O) groups excluding carboxylic acids is 1. The Bertz CT molecular complexity index is 290. The van der Waals surface area contributed by atoms with Crippen molar-refractivity contribution >= 4 is 22.5 Å². The molecule has 5 heteroatoms. The van der Waals surface area contributed by atoms with Crippen LogP contribution < -0.4 is 10.6 Å². The fourth-order valence-corrected chi connectivity index (χ4v) is 1.30. The molecule has 4 nitrogen and oxygen atoms in total. The van der Waals surface area contributed by atoms with Gasteiger partial charge in [0.05, 0.1) is 0 Å². The molecule has 0 atom stereocenters. The van der Waals surface area contributed by atoms with E-state index >= 15 is 0 Å². The van der Waals surface area contributed by atoms with Gasteiger partial charge in [0.1, 0.15) is 0 Å². The highest BCUT2D eigenvalue weighted by atomic mass is 32.1. The van der Waals surface area contributed by atoms with Crippen molar-refractivity contribution in [3.05, 3.63) is 11.6 Å². The number of nitrogens with zero attached hydrogens (tertiary/aromatic N) is 1. The van der Waals surface area contributed by atoms with Crippen molar-refractivity contribution < 1.29 is 4.79 Å². The monoisotopic (exact) mass is 213 g/mol. The summed E-state index contributed by atoms with van der Waals surface area (Å²) in [5.41, 5.74) is 0.0974. The van der Waals surface area contributed by atoms with Crippen LogP contribution in [0.4, 0.5) is 9.93 Å². The zero-order valence-corrected chi connectivity index (χ0v) is 9.44. The van der Waals surface area contributed by atoms with E-state index < -0.39 is 0 Å². The number of thiazole rings is 1. The van der Waals surface area contributed by atoms with Gasteiger partial charge in [-0.3, -0.25) is 5.32 Å². The number of amides is 2. The molecule has 0 aromatic carbocycles. The molecular weight excluding hydrogens is 198 g/mol. The molecular formula is C9H15N3OS. The van der Waals surface area contributed by atoms with Gasteiger partial charge in [-0.25, -0.2) is 9.78 Å². The van der Waals surface area contributed by atoms with E-state index in [4.69, 9.17) is 0 Å². The van der Waals surface area contributed by atoms with Crippen LogP contribution in [0.1, 0.15) is 20.8 Å². The van der Waals surface area contributed by atoms with Crippen molar-refractivity contribution in [2.24, 2.45) is 5.41 Å². The van der Waals surface area contributed by atoms with Crippen LogP contribution in [0.2, 0.25) is 0 Å². The molecule has 1 aromatic rings. The number of hydrogen-bond donors (Lipinski definition) is 2. The molecule has 1 heterocycles. The number of hydrogen-bond acceptors (Lipinski definition) is 3. The maximum absolute atomic E-state index is 11.3. The van der Waals surface area contributed by atoms with E-state index in [1.54, 1.807) is 6.20 Å². The molecule has 14 heavy (non-hydrogen) atoms. The summed E-state index contributed by atoms with van der Waals surface area (Å²) in [5, 5.41) is 7.87. The van der Waals surface area contributed by atoms with Gasteiger partial charge in [-0.05, 0) is 5.41 Å². The minimum Gasteiger partial charge on any atom is -0.337 e. The first-order valence-electron chi connectivity index (χ1n) is 4.42. The van der Waals surface area contributed by atoms with Crippen molar-refractivity contribution in [1.29, 1.82) is 0 Å². The van der Waals surface area contributed by atoms with Gasteiger partial charge < -0.3 is 5.32 Å². The average molecular weight is 213 g/mol. The predicted molar refractivity (Wildman–Crippen MR) is 58.6 cm³/mol. The van der Waals surface area contributed by atoms with Crippen LogP contribution in [0.25, 0.3) is 0 Å². The third-order valence-corrected chi connectivity index (χ3v) is 2.12. The van der Waals surface area contributed by atoms with Crippen LogP contribution in [0.5, 0.6) is 0 Å². The molecule has 1 aromatic heterocycles. The van der Waals surface area contributed by atoms with Gasteiger partial charge in [0, 0.05) is 18.1 Å². The summed E-state index contributed by atoms with van der Waals surface area (Å²) in [6, 6.07) is -0.199. The molecule has 0 saturated carbocycles. The Kier molecular flexibility index (Phi) is 3.46. The topological polar surface area (TPSA) is 54.0 Å². The Hall–Kier alpha value is -1.10. The molecule has 2 amide bonds. The van der Waals surface area contributed by atoms with Crippen LogP contribution in [0.3, 0.4) is 0 Å². The van der Waals surface area contributed by atoms with Crippen molar-refractivity contribution in [3.63, 3.8) is 0 Å². The zero-order chi connectivity index (χ0) is 10.6. The van der Waals surface area contributed by atoms with Gasteiger partial charge in [-0.2, -0.15) is 0 Å². The summed E-state index contributed by atoms with van der Waals surface area (Å²) >= 11 is 1.40. The second-order valence-electron chi connectivity index (χ2n) is 4.21. The van der Waals surface area contributed by atoms with Crippen LogP contribution >= 0.6 is 11.3 Å². The first-order valence-corrected chi connectivity index (χ1v) is 5.30. The van der Waals surface area contributed by atoms with Gasteiger partial charge in [0.25, 0.3) is 0 Å². The summed E-state index contributed by atoms with van der Waals surface area (Å²) in [4.78, 5) is 15.2. The SMILES string of the molecule is CC(C)(C)CNC(=O)Nc1nccs1. The highest BCUT2D eigenvalue weighted by Gasteiger charge is 2.11. The fourth-order valence-electron chi connectivity index (χ4n) is 0.772. The lowest BCUT2D eigenvalue weighted by Gasteiger charge is -2.18. The van der Waals surface area contributed by atoms with E-state index in [-0.39, 0.29) is 11.4 Å². The number of rotatable bonds is 2. The minimum absolute atomic E-state index is 0.0974. The Labute approximate surface area is 87.7 Å². The zero-order valence-electron chi connectivity index (χ0n) is 8.63. The molecule has 0 unspecified atom stereocenters. The summed E-state index contributed by atoms with van der Waals surface area (Å²) < 4.78 is 0. The Morgan fingerprint density at radius 2 is 2.29 bits per heavy atom. The van der Waals surface area contributed by atoms with Gasteiger partial charge in [-0.15, -0.1) is 11.3 Å². The molecule has 0 bridgehead atoms. The lowest BCUT2D eigenvalue weighted by molar-refractivity contribution is 0.247. The fraction of sp³-hybridized carbons (Fsp3) is 0.556. The van der Waals surface area contributed by atoms with Crippen molar-refractivity contribution in [1.82, 2.24) is 10.3 Å². The number of nitrogens with one attached hydrogen (secondary N) is 2. The van der Waals surface area contributed by atoms with Gasteiger partial charge in [0.2, 0.25) is 0 Å². The molecule has 0 aliphatic carbocycles. The Morgan fingerprint density at radius 1 is 1.57 bits per heavy atom. The number of carbonyl (C=O) groups is 1.